The van der Waals surface area contributed by atoms with Crippen LogP contribution in [-0.2, 0) is 9.59 Å². The molecule has 11 nitrogen and oxygen atoms in total. The minimum absolute atomic E-state index is 0.0341. The summed E-state index contributed by atoms with van der Waals surface area (Å²) in [5.74, 6) is -1.36. The van der Waals surface area contributed by atoms with Crippen LogP contribution in [0.2, 0.25) is 0 Å². The number of aromatic hydroxyl groups is 1. The predicted octanol–water partition coefficient (Wildman–Crippen LogP) is 1.84. The average Bonchev–Trinajstić information content (AvgIpc) is 2.97. The van der Waals surface area contributed by atoms with E-state index in [0.717, 1.165) is 24.3 Å². The molecule has 2 aromatic carbocycles. The number of urea groups is 1. The lowest BCUT2D eigenvalue weighted by atomic mass is 10.1. The molecule has 0 aliphatic carbocycles. The third kappa shape index (κ3) is 4.19. The van der Waals surface area contributed by atoms with Gasteiger partial charge in [0.25, 0.3) is 11.6 Å². The first-order chi connectivity index (χ1) is 14.3. The van der Waals surface area contributed by atoms with Gasteiger partial charge >= 0.3 is 6.03 Å². The van der Waals surface area contributed by atoms with E-state index >= 15 is 0 Å². The van der Waals surface area contributed by atoms with Crippen LogP contribution in [0.3, 0.4) is 0 Å². The van der Waals surface area contributed by atoms with Crippen LogP contribution >= 0.6 is 0 Å². The summed E-state index contributed by atoms with van der Waals surface area (Å²) in [6.07, 6.45) is 1.10. The Kier molecular flexibility index (Phi) is 5.63. The van der Waals surface area contributed by atoms with Gasteiger partial charge in [0, 0.05) is 17.7 Å². The molecule has 1 aliphatic rings. The van der Waals surface area contributed by atoms with Gasteiger partial charge in [-0.05, 0) is 24.3 Å². The maximum absolute atomic E-state index is 12.5. The molecule has 0 unspecified atom stereocenters. The molecule has 0 aromatic heterocycles. The highest BCUT2D eigenvalue weighted by molar-refractivity contribution is 6.16. The number of carbonyl (C=O) groups is 3. The molecule has 2 aromatic rings. The molecule has 3 N–H and O–H groups in total. The number of imide groups is 1. The van der Waals surface area contributed by atoms with Crippen molar-refractivity contribution in [2.75, 3.05) is 19.0 Å². The quantitative estimate of drug-likeness (QED) is 0.283. The number of ether oxygens (including phenoxy) is 1. The Morgan fingerprint density at radius 1 is 1.30 bits per heavy atom. The van der Waals surface area contributed by atoms with E-state index in [1.54, 1.807) is 24.3 Å². The van der Waals surface area contributed by atoms with Gasteiger partial charge < -0.3 is 20.5 Å². The summed E-state index contributed by atoms with van der Waals surface area (Å²) in [4.78, 5) is 47.8. The number of rotatable bonds is 6. The number of amides is 4. The summed E-state index contributed by atoms with van der Waals surface area (Å²) < 4.78 is 5.12. The van der Waals surface area contributed by atoms with Gasteiger partial charge in [-0.25, -0.2) is 9.69 Å². The van der Waals surface area contributed by atoms with Gasteiger partial charge in [0.15, 0.2) is 0 Å². The lowest BCUT2D eigenvalue weighted by Crippen LogP contribution is -2.38. The Morgan fingerprint density at radius 2 is 2.03 bits per heavy atom. The SMILES string of the molecule is COc1ccccc1NC(=O)CN1C(=O)N/C(=C/c2cc([N+](=O)[O-])ccc2O)C1=O. The molecule has 1 heterocycles. The number of non-ortho nitro benzene ring substituents is 1. The van der Waals surface area contributed by atoms with E-state index in [1.807, 2.05) is 0 Å². The summed E-state index contributed by atoms with van der Waals surface area (Å²) >= 11 is 0. The Morgan fingerprint density at radius 3 is 2.73 bits per heavy atom. The molecule has 0 spiro atoms. The molecule has 1 saturated heterocycles. The number of methoxy groups -OCH3 is 1. The number of nitrogens with zero attached hydrogens (tertiary/aromatic N) is 2. The number of nitrogens with one attached hydrogen (secondary N) is 2. The average molecular weight is 412 g/mol. The van der Waals surface area contributed by atoms with Crippen LogP contribution in [0.1, 0.15) is 5.56 Å². The van der Waals surface area contributed by atoms with Gasteiger partial charge in [-0.2, -0.15) is 0 Å². The highest BCUT2D eigenvalue weighted by atomic mass is 16.6. The molecule has 154 valence electrons. The molecule has 0 saturated carbocycles. The molecule has 11 heteroatoms. The number of para-hydroxylation sites is 2. The lowest BCUT2D eigenvalue weighted by Gasteiger charge is -2.13. The molecule has 4 amide bonds. The van der Waals surface area contributed by atoms with E-state index < -0.39 is 29.3 Å². The summed E-state index contributed by atoms with van der Waals surface area (Å²) in [5.41, 5.74) is -0.201. The van der Waals surface area contributed by atoms with Gasteiger partial charge in [-0.1, -0.05) is 12.1 Å². The zero-order valence-electron chi connectivity index (χ0n) is 15.6. The van der Waals surface area contributed by atoms with Crippen molar-refractivity contribution in [2.45, 2.75) is 0 Å². The Balaban J connectivity index is 1.76. The van der Waals surface area contributed by atoms with Crippen LogP contribution in [0, 0.1) is 10.1 Å². The molecule has 1 aliphatic heterocycles. The number of nitro benzene ring substituents is 1. The first kappa shape index (κ1) is 20.3. The molecule has 30 heavy (non-hydrogen) atoms. The molecule has 1 fully saturated rings. The van der Waals surface area contributed by atoms with Gasteiger partial charge in [-0.3, -0.25) is 19.7 Å². The summed E-state index contributed by atoms with van der Waals surface area (Å²) in [6.45, 7) is -0.568. The van der Waals surface area contributed by atoms with Crippen LogP contribution in [0.25, 0.3) is 6.08 Å². The van der Waals surface area contributed by atoms with Crippen molar-refractivity contribution in [3.8, 4) is 11.5 Å². The lowest BCUT2D eigenvalue weighted by molar-refractivity contribution is -0.384. The van der Waals surface area contributed by atoms with Gasteiger partial charge in [0.2, 0.25) is 5.91 Å². The van der Waals surface area contributed by atoms with E-state index in [1.165, 1.54) is 7.11 Å². The second kappa shape index (κ2) is 8.31. The first-order valence-corrected chi connectivity index (χ1v) is 8.55. The fourth-order valence-corrected chi connectivity index (χ4v) is 2.72. The van der Waals surface area contributed by atoms with Crippen molar-refractivity contribution in [1.82, 2.24) is 10.2 Å². The van der Waals surface area contributed by atoms with E-state index in [-0.39, 0.29) is 22.7 Å². The number of phenolic OH excluding ortho intramolecular Hbond substituents is 1. The van der Waals surface area contributed by atoms with Crippen LogP contribution in [0.4, 0.5) is 16.2 Å². The van der Waals surface area contributed by atoms with Crippen LogP contribution in [0.5, 0.6) is 11.5 Å². The summed E-state index contributed by atoms with van der Waals surface area (Å²) in [5, 5.41) is 25.6. The monoisotopic (exact) mass is 412 g/mol. The maximum atomic E-state index is 12.5. The molecule has 0 atom stereocenters. The van der Waals surface area contributed by atoms with Crippen LogP contribution < -0.4 is 15.4 Å². The van der Waals surface area contributed by atoms with E-state index in [2.05, 4.69) is 10.6 Å². The fourth-order valence-electron chi connectivity index (χ4n) is 2.72. The minimum atomic E-state index is -0.841. The summed E-state index contributed by atoms with van der Waals surface area (Å²) in [7, 11) is 1.43. The topological polar surface area (TPSA) is 151 Å². The third-order valence-corrected chi connectivity index (χ3v) is 4.17. The van der Waals surface area contributed by atoms with E-state index in [4.69, 9.17) is 4.74 Å². The third-order valence-electron chi connectivity index (χ3n) is 4.17. The van der Waals surface area contributed by atoms with Crippen LogP contribution in [-0.4, -0.2) is 46.4 Å². The Labute approximate surface area is 169 Å². The van der Waals surface area contributed by atoms with Crippen molar-refractivity contribution >= 4 is 35.3 Å². The molecular formula is C19H16N4O7. The first-order valence-electron chi connectivity index (χ1n) is 8.55. The second-order valence-electron chi connectivity index (χ2n) is 6.13. The van der Waals surface area contributed by atoms with E-state index in [9.17, 15) is 29.6 Å². The van der Waals surface area contributed by atoms with Crippen molar-refractivity contribution in [2.24, 2.45) is 0 Å². The Hall–Kier alpha value is -4.41. The minimum Gasteiger partial charge on any atom is -0.507 e. The number of phenols is 1. The number of hydrogen-bond acceptors (Lipinski definition) is 7. The highest BCUT2D eigenvalue weighted by Crippen LogP contribution is 2.26. The number of benzene rings is 2. The number of nitro groups is 1. The molecule has 0 bridgehead atoms. The van der Waals surface area contributed by atoms with Gasteiger partial charge in [-0.15, -0.1) is 0 Å². The van der Waals surface area contributed by atoms with Crippen molar-refractivity contribution in [3.05, 3.63) is 63.8 Å². The standard InChI is InChI=1S/C19H16N4O7/c1-30-16-5-3-2-4-13(16)20-17(25)10-22-18(26)14(21-19(22)27)9-11-8-12(23(28)29)6-7-15(11)24/h2-9,24H,10H2,1H3,(H,20,25)(H,21,27)/b14-9+. The largest absolute Gasteiger partial charge is 0.507 e. The van der Waals surface area contributed by atoms with Crippen molar-refractivity contribution < 1.29 is 29.2 Å². The second-order valence-corrected chi connectivity index (χ2v) is 6.13. The van der Waals surface area contributed by atoms with Crippen molar-refractivity contribution in [1.29, 1.82) is 0 Å². The van der Waals surface area contributed by atoms with Crippen molar-refractivity contribution in [3.63, 3.8) is 0 Å². The maximum Gasteiger partial charge on any atom is 0.329 e. The van der Waals surface area contributed by atoms with E-state index in [0.29, 0.717) is 16.3 Å². The highest BCUT2D eigenvalue weighted by Gasteiger charge is 2.35. The molecular weight excluding hydrogens is 396 g/mol. The number of carbonyl (C=O) groups excluding carboxylic acids is 3. The van der Waals surface area contributed by atoms with Gasteiger partial charge in [0.1, 0.15) is 23.7 Å². The zero-order valence-corrected chi connectivity index (χ0v) is 15.6. The predicted molar refractivity (Wildman–Crippen MR) is 105 cm³/mol. The zero-order chi connectivity index (χ0) is 21.8. The number of anilines is 1. The molecule has 0 radical (unpaired) electrons. The fraction of sp³-hybridized carbons (Fsp3) is 0.105. The van der Waals surface area contributed by atoms with Gasteiger partial charge in [0.05, 0.1) is 17.7 Å². The summed E-state index contributed by atoms with van der Waals surface area (Å²) in [6, 6.07) is 9.04. The number of hydrogen-bond donors (Lipinski definition) is 3. The van der Waals surface area contributed by atoms with Crippen LogP contribution in [0.15, 0.2) is 48.2 Å². The molecule has 3 rings (SSSR count). The smallest absolute Gasteiger partial charge is 0.329 e. The Bertz CT molecular complexity index is 1080. The normalized spacial score (nSPS) is 14.6.